The smallest absolute Gasteiger partial charge is 0.287 e. The van der Waals surface area contributed by atoms with Crippen molar-refractivity contribution < 1.29 is 9.53 Å². The summed E-state index contributed by atoms with van der Waals surface area (Å²) >= 11 is 0. The first-order valence-electron chi connectivity index (χ1n) is 7.06. The van der Waals surface area contributed by atoms with Crippen LogP contribution >= 0.6 is 0 Å². The lowest BCUT2D eigenvalue weighted by molar-refractivity contribution is -0.117. The van der Waals surface area contributed by atoms with Crippen LogP contribution in [0.3, 0.4) is 0 Å². The molecule has 116 valence electrons. The normalized spacial score (nSPS) is 14.7. The van der Waals surface area contributed by atoms with Gasteiger partial charge in [0.1, 0.15) is 0 Å². The molecule has 1 aromatic carbocycles. The molecular formula is C16H20N4O2. The van der Waals surface area contributed by atoms with Crippen molar-refractivity contribution in [3.8, 4) is 0 Å². The molecule has 1 aliphatic heterocycles. The van der Waals surface area contributed by atoms with Crippen LogP contribution in [0.2, 0.25) is 0 Å². The Morgan fingerprint density at radius 3 is 2.68 bits per heavy atom. The van der Waals surface area contributed by atoms with Gasteiger partial charge >= 0.3 is 0 Å². The predicted molar refractivity (Wildman–Crippen MR) is 87.1 cm³/mol. The first-order valence-corrected chi connectivity index (χ1v) is 7.06. The van der Waals surface area contributed by atoms with Crippen LogP contribution in [-0.2, 0) is 9.53 Å². The molecule has 1 aliphatic rings. The molecule has 0 aliphatic carbocycles. The molecule has 22 heavy (non-hydrogen) atoms. The molecule has 6 heteroatoms. The van der Waals surface area contributed by atoms with Gasteiger partial charge in [-0.05, 0) is 25.0 Å². The van der Waals surface area contributed by atoms with E-state index in [0.29, 0.717) is 12.4 Å². The van der Waals surface area contributed by atoms with E-state index < -0.39 is 5.91 Å². The summed E-state index contributed by atoms with van der Waals surface area (Å²) in [5.74, 6) is -0.179. The minimum Gasteiger partial charge on any atom is -0.489 e. The minimum atomic E-state index is -0.644. The summed E-state index contributed by atoms with van der Waals surface area (Å²) in [5, 5.41) is 6.25. The third kappa shape index (κ3) is 4.37. The SMILES string of the molecule is COC(C(N)=O)=C(NCC1=CCCC=N1)Nc1ccccc1. The van der Waals surface area contributed by atoms with Crippen LogP contribution in [0.25, 0.3) is 0 Å². The zero-order valence-electron chi connectivity index (χ0n) is 12.5. The fourth-order valence-corrected chi connectivity index (χ4v) is 2.03. The topological polar surface area (TPSA) is 88.7 Å². The summed E-state index contributed by atoms with van der Waals surface area (Å²) in [6, 6.07) is 9.46. The molecule has 4 N–H and O–H groups in total. The second kappa shape index (κ2) is 7.87. The number of rotatable bonds is 7. The molecule has 0 saturated carbocycles. The molecular weight excluding hydrogens is 280 g/mol. The number of carbonyl (C=O) groups is 1. The van der Waals surface area contributed by atoms with Gasteiger partial charge in [-0.15, -0.1) is 0 Å². The van der Waals surface area contributed by atoms with Crippen molar-refractivity contribution in [2.24, 2.45) is 10.7 Å². The predicted octanol–water partition coefficient (Wildman–Crippen LogP) is 1.74. The lowest BCUT2D eigenvalue weighted by Gasteiger charge is -2.17. The van der Waals surface area contributed by atoms with Gasteiger partial charge in [-0.3, -0.25) is 9.79 Å². The number of aliphatic imine (C=N–C) groups is 1. The fraction of sp³-hybridized carbons (Fsp3) is 0.250. The number of hydrogen-bond donors (Lipinski definition) is 3. The average Bonchev–Trinajstić information content (AvgIpc) is 2.54. The van der Waals surface area contributed by atoms with Crippen LogP contribution in [0.1, 0.15) is 12.8 Å². The Kier molecular flexibility index (Phi) is 5.59. The third-order valence-electron chi connectivity index (χ3n) is 3.08. The zero-order valence-corrected chi connectivity index (χ0v) is 12.5. The van der Waals surface area contributed by atoms with Gasteiger partial charge in [0.05, 0.1) is 19.4 Å². The third-order valence-corrected chi connectivity index (χ3v) is 3.08. The van der Waals surface area contributed by atoms with Gasteiger partial charge in [0.2, 0.25) is 5.76 Å². The molecule has 6 nitrogen and oxygen atoms in total. The van der Waals surface area contributed by atoms with Gasteiger partial charge in [-0.2, -0.15) is 0 Å². The summed E-state index contributed by atoms with van der Waals surface area (Å²) in [6.45, 7) is 0.478. The summed E-state index contributed by atoms with van der Waals surface area (Å²) in [4.78, 5) is 15.8. The van der Waals surface area contributed by atoms with Crippen LogP contribution < -0.4 is 16.4 Å². The molecule has 0 saturated heterocycles. The van der Waals surface area contributed by atoms with Crippen molar-refractivity contribution >= 4 is 17.8 Å². The van der Waals surface area contributed by atoms with Crippen molar-refractivity contribution in [1.82, 2.24) is 5.32 Å². The number of para-hydroxylation sites is 1. The summed E-state index contributed by atoms with van der Waals surface area (Å²) in [6.07, 6.45) is 5.87. The van der Waals surface area contributed by atoms with E-state index in [9.17, 15) is 4.79 Å². The van der Waals surface area contributed by atoms with E-state index in [-0.39, 0.29) is 5.76 Å². The molecule has 1 heterocycles. The molecule has 0 aromatic heterocycles. The maximum Gasteiger partial charge on any atom is 0.287 e. The quantitative estimate of drug-likeness (QED) is 0.528. The summed E-state index contributed by atoms with van der Waals surface area (Å²) in [5.41, 5.74) is 7.10. The lowest BCUT2D eigenvalue weighted by atomic mass is 10.2. The Bertz CT molecular complexity index is 606. The molecule has 1 amide bonds. The number of amides is 1. The molecule has 1 aromatic rings. The van der Waals surface area contributed by atoms with Gasteiger partial charge in [0, 0.05) is 11.9 Å². The molecule has 0 bridgehead atoms. The number of ether oxygens (including phenoxy) is 1. The highest BCUT2D eigenvalue weighted by Gasteiger charge is 2.14. The van der Waals surface area contributed by atoms with Crippen LogP contribution in [0.5, 0.6) is 0 Å². The van der Waals surface area contributed by atoms with Crippen LogP contribution in [0.15, 0.2) is 58.7 Å². The summed E-state index contributed by atoms with van der Waals surface area (Å²) < 4.78 is 5.11. The molecule has 0 fully saturated rings. The van der Waals surface area contributed by atoms with Gasteiger partial charge in [0.25, 0.3) is 5.91 Å². The number of nitrogens with one attached hydrogen (secondary N) is 2. The lowest BCUT2D eigenvalue weighted by Crippen LogP contribution is -2.29. The zero-order chi connectivity index (χ0) is 15.8. The van der Waals surface area contributed by atoms with E-state index in [1.54, 1.807) is 0 Å². The van der Waals surface area contributed by atoms with Gasteiger partial charge in [-0.25, -0.2) is 0 Å². The van der Waals surface area contributed by atoms with Crippen LogP contribution in [0.4, 0.5) is 5.69 Å². The highest BCUT2D eigenvalue weighted by Crippen LogP contribution is 2.12. The molecule has 2 rings (SSSR count). The number of nitrogens with zero attached hydrogens (tertiary/aromatic N) is 1. The Balaban J connectivity index is 2.16. The number of anilines is 1. The maximum atomic E-state index is 11.5. The highest BCUT2D eigenvalue weighted by atomic mass is 16.5. The first kappa shape index (κ1) is 15.6. The Labute approximate surface area is 129 Å². The standard InChI is InChI=1S/C16H20N4O2/c1-22-14(15(17)21)16(20-12-7-3-2-4-8-12)19-11-13-9-5-6-10-18-13/h2-4,7-10,19-20H,5-6,11H2,1H3,(H2,17,21). The van der Waals surface area contributed by atoms with Crippen molar-refractivity contribution in [2.45, 2.75) is 12.8 Å². The Hall–Kier alpha value is -2.76. The second-order valence-electron chi connectivity index (χ2n) is 4.70. The molecule has 0 spiro atoms. The van der Waals surface area contributed by atoms with Crippen molar-refractivity contribution in [3.63, 3.8) is 0 Å². The number of benzene rings is 1. The average molecular weight is 300 g/mol. The maximum absolute atomic E-state index is 11.5. The number of carbonyl (C=O) groups excluding carboxylic acids is 1. The van der Waals surface area contributed by atoms with Crippen molar-refractivity contribution in [1.29, 1.82) is 0 Å². The molecule has 0 atom stereocenters. The number of hydrogen-bond acceptors (Lipinski definition) is 5. The fourth-order valence-electron chi connectivity index (χ4n) is 2.03. The molecule has 0 unspecified atom stereocenters. The molecule has 0 radical (unpaired) electrons. The minimum absolute atomic E-state index is 0.0456. The monoisotopic (exact) mass is 300 g/mol. The van der Waals surface area contributed by atoms with Crippen molar-refractivity contribution in [3.05, 3.63) is 53.7 Å². The highest BCUT2D eigenvalue weighted by molar-refractivity contribution is 5.91. The Morgan fingerprint density at radius 2 is 2.09 bits per heavy atom. The first-order chi connectivity index (χ1) is 10.7. The van der Waals surface area contributed by atoms with Crippen LogP contribution in [-0.4, -0.2) is 25.8 Å². The van der Waals surface area contributed by atoms with Crippen LogP contribution in [0, 0.1) is 0 Å². The van der Waals surface area contributed by atoms with Gasteiger partial charge < -0.3 is 21.1 Å². The van der Waals surface area contributed by atoms with E-state index >= 15 is 0 Å². The van der Waals surface area contributed by atoms with E-state index in [1.165, 1.54) is 7.11 Å². The number of methoxy groups -OCH3 is 1. The van der Waals surface area contributed by atoms with E-state index in [1.807, 2.05) is 36.5 Å². The summed E-state index contributed by atoms with van der Waals surface area (Å²) in [7, 11) is 1.41. The number of allylic oxidation sites excluding steroid dienone is 1. The Morgan fingerprint density at radius 1 is 1.32 bits per heavy atom. The largest absolute Gasteiger partial charge is 0.489 e. The van der Waals surface area contributed by atoms with Crippen molar-refractivity contribution in [2.75, 3.05) is 19.0 Å². The number of nitrogens with two attached hydrogens (primary N) is 1. The van der Waals surface area contributed by atoms with E-state index in [4.69, 9.17) is 10.5 Å². The van der Waals surface area contributed by atoms with E-state index in [2.05, 4.69) is 21.7 Å². The van der Waals surface area contributed by atoms with Gasteiger partial charge in [0.15, 0.2) is 5.82 Å². The van der Waals surface area contributed by atoms with Gasteiger partial charge in [-0.1, -0.05) is 24.3 Å². The number of primary amides is 1. The second-order valence-corrected chi connectivity index (χ2v) is 4.70. The van der Waals surface area contributed by atoms with E-state index in [0.717, 1.165) is 24.2 Å².